The predicted octanol–water partition coefficient (Wildman–Crippen LogP) is 3.45. The first-order valence-corrected chi connectivity index (χ1v) is 7.91. The third-order valence-electron chi connectivity index (χ3n) is 3.23. The van der Waals surface area contributed by atoms with Crippen LogP contribution in [0.5, 0.6) is 5.75 Å². The summed E-state index contributed by atoms with van der Waals surface area (Å²) in [7, 11) is 0. The van der Waals surface area contributed by atoms with Gasteiger partial charge in [-0.25, -0.2) is 0 Å². The maximum absolute atomic E-state index is 12.0. The highest BCUT2D eigenvalue weighted by Gasteiger charge is 2.06. The molecule has 2 rings (SSSR count). The van der Waals surface area contributed by atoms with Crippen molar-refractivity contribution in [2.45, 2.75) is 20.4 Å². The zero-order chi connectivity index (χ0) is 16.5. The van der Waals surface area contributed by atoms with Gasteiger partial charge in [-0.05, 0) is 23.6 Å². The number of rotatable bonds is 8. The lowest BCUT2D eigenvalue weighted by atomic mass is 10.2. The molecule has 0 heterocycles. The van der Waals surface area contributed by atoms with Gasteiger partial charge in [-0.3, -0.25) is 4.79 Å². The van der Waals surface area contributed by atoms with E-state index in [4.69, 9.17) is 4.74 Å². The number of para-hydroxylation sites is 2. The van der Waals surface area contributed by atoms with E-state index in [1.165, 1.54) is 0 Å². The minimum atomic E-state index is -0.0486. The Kier molecular flexibility index (Phi) is 6.48. The van der Waals surface area contributed by atoms with E-state index >= 15 is 0 Å². The van der Waals surface area contributed by atoms with Crippen LogP contribution in [-0.4, -0.2) is 19.1 Å². The first-order chi connectivity index (χ1) is 11.1. The molecule has 4 nitrogen and oxygen atoms in total. The molecule has 1 amide bonds. The molecule has 0 fully saturated rings. The maximum Gasteiger partial charge on any atom is 0.239 e. The van der Waals surface area contributed by atoms with Crippen molar-refractivity contribution in [1.29, 1.82) is 0 Å². The normalized spacial score (nSPS) is 10.4. The molecule has 0 spiro atoms. The number of amides is 1. The summed E-state index contributed by atoms with van der Waals surface area (Å²) in [5.41, 5.74) is 1.92. The van der Waals surface area contributed by atoms with Gasteiger partial charge in [0.15, 0.2) is 0 Å². The molecule has 0 unspecified atom stereocenters. The topological polar surface area (TPSA) is 50.4 Å². The molecule has 2 N–H and O–H groups in total. The Morgan fingerprint density at radius 2 is 1.74 bits per heavy atom. The second-order valence-electron chi connectivity index (χ2n) is 5.82. The highest BCUT2D eigenvalue weighted by molar-refractivity contribution is 5.81. The van der Waals surface area contributed by atoms with Crippen LogP contribution in [0, 0.1) is 5.92 Å². The van der Waals surface area contributed by atoms with Crippen LogP contribution in [-0.2, 0) is 11.3 Å². The van der Waals surface area contributed by atoms with Crippen LogP contribution in [0.4, 0.5) is 5.69 Å². The van der Waals surface area contributed by atoms with Crippen LogP contribution in [0.3, 0.4) is 0 Å². The van der Waals surface area contributed by atoms with Crippen LogP contribution >= 0.6 is 0 Å². The monoisotopic (exact) mass is 312 g/mol. The number of hydrogen-bond donors (Lipinski definition) is 2. The summed E-state index contributed by atoms with van der Waals surface area (Å²) < 4.78 is 5.77. The van der Waals surface area contributed by atoms with Crippen LogP contribution in [0.25, 0.3) is 0 Å². The van der Waals surface area contributed by atoms with E-state index in [2.05, 4.69) is 24.5 Å². The average molecular weight is 312 g/mol. The van der Waals surface area contributed by atoms with E-state index in [-0.39, 0.29) is 12.5 Å². The fourth-order valence-electron chi connectivity index (χ4n) is 2.03. The lowest BCUT2D eigenvalue weighted by molar-refractivity contribution is -0.119. The summed E-state index contributed by atoms with van der Waals surface area (Å²) in [6.07, 6.45) is 0. The molecule has 0 radical (unpaired) electrons. The number of carbonyl (C=O) groups excluding carboxylic acids is 1. The third kappa shape index (κ3) is 6.02. The van der Waals surface area contributed by atoms with Gasteiger partial charge in [0.05, 0.1) is 18.8 Å². The van der Waals surface area contributed by atoms with E-state index in [0.29, 0.717) is 19.1 Å². The lowest BCUT2D eigenvalue weighted by Crippen LogP contribution is -2.29. The maximum atomic E-state index is 12.0. The third-order valence-corrected chi connectivity index (χ3v) is 3.23. The largest absolute Gasteiger partial charge is 0.491 e. The van der Waals surface area contributed by atoms with Gasteiger partial charge in [0.2, 0.25) is 5.91 Å². The molecule has 2 aromatic rings. The Bertz CT molecular complexity index is 612. The molecule has 0 aromatic heterocycles. The molecule has 0 saturated carbocycles. The predicted molar refractivity (Wildman–Crippen MR) is 93.6 cm³/mol. The SMILES string of the molecule is CC(C)COc1ccccc1NCC(=O)NCc1ccccc1. The van der Waals surface area contributed by atoms with E-state index in [1.54, 1.807) is 0 Å². The Morgan fingerprint density at radius 1 is 1.04 bits per heavy atom. The smallest absolute Gasteiger partial charge is 0.239 e. The molecule has 122 valence electrons. The summed E-state index contributed by atoms with van der Waals surface area (Å²) in [5, 5.41) is 6.03. The van der Waals surface area contributed by atoms with Crippen molar-refractivity contribution in [3.8, 4) is 5.75 Å². The number of hydrogen-bond acceptors (Lipinski definition) is 3. The van der Waals surface area contributed by atoms with Gasteiger partial charge >= 0.3 is 0 Å². The number of ether oxygens (including phenoxy) is 1. The first-order valence-electron chi connectivity index (χ1n) is 7.91. The molecular formula is C19H24N2O2. The fourth-order valence-corrected chi connectivity index (χ4v) is 2.03. The lowest BCUT2D eigenvalue weighted by Gasteiger charge is -2.14. The molecule has 23 heavy (non-hydrogen) atoms. The molecule has 4 heteroatoms. The van der Waals surface area contributed by atoms with Crippen molar-refractivity contribution in [1.82, 2.24) is 5.32 Å². The van der Waals surface area contributed by atoms with Crippen LogP contribution in [0.1, 0.15) is 19.4 Å². The van der Waals surface area contributed by atoms with Gasteiger partial charge in [0.1, 0.15) is 5.75 Å². The minimum absolute atomic E-state index is 0.0486. The summed E-state index contributed by atoms with van der Waals surface area (Å²) in [4.78, 5) is 12.0. The zero-order valence-electron chi connectivity index (χ0n) is 13.7. The van der Waals surface area contributed by atoms with E-state index in [1.807, 2.05) is 54.6 Å². The van der Waals surface area contributed by atoms with Crippen molar-refractivity contribution in [2.75, 3.05) is 18.5 Å². The van der Waals surface area contributed by atoms with Gasteiger partial charge in [-0.15, -0.1) is 0 Å². The van der Waals surface area contributed by atoms with Crippen molar-refractivity contribution in [2.24, 2.45) is 5.92 Å². The van der Waals surface area contributed by atoms with E-state index < -0.39 is 0 Å². The van der Waals surface area contributed by atoms with E-state index in [9.17, 15) is 4.79 Å². The average Bonchev–Trinajstić information content (AvgIpc) is 2.58. The fraction of sp³-hybridized carbons (Fsp3) is 0.316. The van der Waals surface area contributed by atoms with Crippen molar-refractivity contribution >= 4 is 11.6 Å². The van der Waals surface area contributed by atoms with Gasteiger partial charge < -0.3 is 15.4 Å². The standard InChI is InChI=1S/C19H24N2O2/c1-15(2)14-23-18-11-7-6-10-17(18)20-13-19(22)21-12-16-8-4-3-5-9-16/h3-11,15,20H,12-14H2,1-2H3,(H,21,22). The minimum Gasteiger partial charge on any atom is -0.491 e. The molecule has 0 atom stereocenters. The molecular weight excluding hydrogens is 288 g/mol. The van der Waals surface area contributed by atoms with E-state index in [0.717, 1.165) is 17.0 Å². The Balaban J connectivity index is 1.82. The number of benzene rings is 2. The molecule has 0 saturated heterocycles. The first kappa shape index (κ1) is 16.9. The second kappa shape index (κ2) is 8.83. The highest BCUT2D eigenvalue weighted by Crippen LogP contribution is 2.23. The van der Waals surface area contributed by atoms with Gasteiger partial charge in [-0.2, -0.15) is 0 Å². The molecule has 0 aliphatic carbocycles. The molecule has 0 bridgehead atoms. The number of anilines is 1. The molecule has 0 aliphatic rings. The summed E-state index contributed by atoms with van der Waals surface area (Å²) in [5.74, 6) is 1.18. The Morgan fingerprint density at radius 3 is 2.48 bits per heavy atom. The quantitative estimate of drug-likeness (QED) is 0.785. The Labute approximate surface area is 137 Å². The van der Waals surface area contributed by atoms with Crippen LogP contribution in [0.15, 0.2) is 54.6 Å². The van der Waals surface area contributed by atoms with Crippen LogP contribution < -0.4 is 15.4 Å². The summed E-state index contributed by atoms with van der Waals surface area (Å²) >= 11 is 0. The zero-order valence-corrected chi connectivity index (χ0v) is 13.7. The highest BCUT2D eigenvalue weighted by atomic mass is 16.5. The molecule has 2 aromatic carbocycles. The second-order valence-corrected chi connectivity index (χ2v) is 5.82. The van der Waals surface area contributed by atoms with Crippen molar-refractivity contribution < 1.29 is 9.53 Å². The Hall–Kier alpha value is -2.49. The van der Waals surface area contributed by atoms with Gasteiger partial charge in [-0.1, -0.05) is 56.3 Å². The molecule has 0 aliphatic heterocycles. The summed E-state index contributed by atoms with van der Waals surface area (Å²) in [6, 6.07) is 17.5. The van der Waals surface area contributed by atoms with Crippen LogP contribution in [0.2, 0.25) is 0 Å². The summed E-state index contributed by atoms with van der Waals surface area (Å²) in [6.45, 7) is 5.61. The number of nitrogens with one attached hydrogen (secondary N) is 2. The van der Waals surface area contributed by atoms with Gasteiger partial charge in [0, 0.05) is 6.54 Å². The van der Waals surface area contributed by atoms with Crippen molar-refractivity contribution in [3.05, 3.63) is 60.2 Å². The number of carbonyl (C=O) groups is 1. The van der Waals surface area contributed by atoms with Gasteiger partial charge in [0.25, 0.3) is 0 Å². The van der Waals surface area contributed by atoms with Crippen molar-refractivity contribution in [3.63, 3.8) is 0 Å².